The number of benzene rings is 1. The maximum atomic E-state index is 10.7. The number of nitro groups is 1. The first-order valence-electron chi connectivity index (χ1n) is 5.58. The molecule has 1 aromatic carbocycles. The molecule has 2 N–H and O–H groups in total. The molecule has 0 amide bonds. The molecule has 3 rings (SSSR count). The van der Waals surface area contributed by atoms with Crippen LogP contribution < -0.4 is 10.6 Å². The number of halogens is 1. The molecule has 1 aromatic rings. The van der Waals surface area contributed by atoms with E-state index in [1.165, 1.54) is 0 Å². The molecule has 2 aliphatic rings. The predicted octanol–water partition coefficient (Wildman–Crippen LogP) is 1.83. The summed E-state index contributed by atoms with van der Waals surface area (Å²) in [5.74, 6) is 1.48. The summed E-state index contributed by atoms with van der Waals surface area (Å²) in [5, 5.41) is 17.5. The molecule has 0 bridgehead atoms. The SMILES string of the molecule is O=[N+]([O-])c1ccc(NC2C3CNCC32)cc1I. The van der Waals surface area contributed by atoms with E-state index in [2.05, 4.69) is 10.6 Å². The van der Waals surface area contributed by atoms with E-state index in [-0.39, 0.29) is 10.6 Å². The highest BCUT2D eigenvalue weighted by molar-refractivity contribution is 14.1. The maximum absolute atomic E-state index is 10.7. The van der Waals surface area contributed by atoms with Crippen molar-refractivity contribution in [2.75, 3.05) is 18.4 Å². The topological polar surface area (TPSA) is 67.2 Å². The van der Waals surface area contributed by atoms with Crippen molar-refractivity contribution in [1.82, 2.24) is 5.32 Å². The first kappa shape index (κ1) is 11.2. The lowest BCUT2D eigenvalue weighted by Gasteiger charge is -2.09. The quantitative estimate of drug-likeness (QED) is 0.498. The van der Waals surface area contributed by atoms with Crippen molar-refractivity contribution >= 4 is 34.0 Å². The number of nitrogens with one attached hydrogen (secondary N) is 2. The highest BCUT2D eigenvalue weighted by atomic mass is 127. The molecule has 0 radical (unpaired) electrons. The molecule has 6 heteroatoms. The lowest BCUT2D eigenvalue weighted by Crippen LogP contribution is -2.21. The van der Waals surface area contributed by atoms with E-state index in [0.717, 1.165) is 30.6 Å². The molecule has 1 saturated heterocycles. The minimum atomic E-state index is -0.346. The third-order valence-electron chi connectivity index (χ3n) is 3.57. The van der Waals surface area contributed by atoms with Gasteiger partial charge in [0.1, 0.15) is 0 Å². The zero-order valence-electron chi connectivity index (χ0n) is 9.02. The number of hydrogen-bond donors (Lipinski definition) is 2. The van der Waals surface area contributed by atoms with Crippen LogP contribution in [0.2, 0.25) is 0 Å². The summed E-state index contributed by atoms with van der Waals surface area (Å²) in [7, 11) is 0. The highest BCUT2D eigenvalue weighted by Gasteiger charge is 2.52. The van der Waals surface area contributed by atoms with Crippen molar-refractivity contribution in [3.05, 3.63) is 31.9 Å². The summed E-state index contributed by atoms with van der Waals surface area (Å²) < 4.78 is 0.682. The Morgan fingerprint density at radius 1 is 1.41 bits per heavy atom. The summed E-state index contributed by atoms with van der Waals surface area (Å²) in [5.41, 5.74) is 1.16. The Kier molecular flexibility index (Phi) is 2.70. The van der Waals surface area contributed by atoms with Crippen LogP contribution in [0, 0.1) is 25.5 Å². The van der Waals surface area contributed by atoms with Gasteiger partial charge in [-0.2, -0.15) is 0 Å². The van der Waals surface area contributed by atoms with Crippen LogP contribution in [-0.2, 0) is 0 Å². The average molecular weight is 345 g/mol. The van der Waals surface area contributed by atoms with Crippen LogP contribution in [0.1, 0.15) is 0 Å². The third-order valence-corrected chi connectivity index (χ3v) is 4.43. The van der Waals surface area contributed by atoms with Gasteiger partial charge in [-0.25, -0.2) is 0 Å². The summed E-state index contributed by atoms with van der Waals surface area (Å²) in [6, 6.07) is 5.76. The van der Waals surface area contributed by atoms with Crippen LogP contribution in [0.25, 0.3) is 0 Å². The van der Waals surface area contributed by atoms with Gasteiger partial charge in [-0.3, -0.25) is 10.1 Å². The van der Waals surface area contributed by atoms with E-state index in [1.54, 1.807) is 12.1 Å². The number of hydrogen-bond acceptors (Lipinski definition) is 4. The van der Waals surface area contributed by atoms with Gasteiger partial charge in [0.25, 0.3) is 5.69 Å². The van der Waals surface area contributed by atoms with Gasteiger partial charge in [0.05, 0.1) is 8.49 Å². The Morgan fingerprint density at radius 3 is 2.71 bits per heavy atom. The molecule has 0 spiro atoms. The van der Waals surface area contributed by atoms with E-state index >= 15 is 0 Å². The van der Waals surface area contributed by atoms with Crippen molar-refractivity contribution < 1.29 is 4.92 Å². The Hall–Kier alpha value is -0.890. The van der Waals surface area contributed by atoms with Gasteiger partial charge in [-0.1, -0.05) is 0 Å². The van der Waals surface area contributed by atoms with Gasteiger partial charge in [0, 0.05) is 30.9 Å². The number of rotatable bonds is 3. The first-order chi connectivity index (χ1) is 8.16. The minimum absolute atomic E-state index is 0.175. The molecule has 90 valence electrons. The lowest BCUT2D eigenvalue weighted by atomic mass is 10.2. The zero-order valence-corrected chi connectivity index (χ0v) is 11.2. The van der Waals surface area contributed by atoms with Gasteiger partial charge in [0.15, 0.2) is 0 Å². The molecule has 1 aliphatic heterocycles. The molecule has 1 heterocycles. The van der Waals surface area contributed by atoms with E-state index in [4.69, 9.17) is 0 Å². The lowest BCUT2D eigenvalue weighted by molar-refractivity contribution is -0.385. The van der Waals surface area contributed by atoms with Crippen LogP contribution >= 0.6 is 22.6 Å². The number of piperidine rings is 1. The monoisotopic (exact) mass is 345 g/mol. The molecule has 0 aromatic heterocycles. The molecule has 17 heavy (non-hydrogen) atoms. The summed E-state index contributed by atoms with van der Waals surface area (Å²) in [4.78, 5) is 10.4. The van der Waals surface area contributed by atoms with Crippen molar-refractivity contribution in [3.63, 3.8) is 0 Å². The fourth-order valence-electron chi connectivity index (χ4n) is 2.57. The Labute approximate surface area is 112 Å². The van der Waals surface area contributed by atoms with E-state index < -0.39 is 0 Å². The van der Waals surface area contributed by atoms with E-state index in [9.17, 15) is 10.1 Å². The van der Waals surface area contributed by atoms with Gasteiger partial charge >= 0.3 is 0 Å². The normalized spacial score (nSPS) is 29.8. The minimum Gasteiger partial charge on any atom is -0.382 e. The second-order valence-corrected chi connectivity index (χ2v) is 5.74. The van der Waals surface area contributed by atoms with E-state index in [1.807, 2.05) is 28.7 Å². The molecule has 5 nitrogen and oxygen atoms in total. The summed E-state index contributed by atoms with van der Waals surface area (Å²) >= 11 is 2.01. The standard InChI is InChI=1S/C11H12IN3O2/c12-9-3-6(1-2-10(9)15(16)17)14-11-7-4-13-5-8(7)11/h1-3,7-8,11,13-14H,4-5H2. The van der Waals surface area contributed by atoms with Gasteiger partial charge in [0.2, 0.25) is 0 Å². The fourth-order valence-corrected chi connectivity index (χ4v) is 3.28. The van der Waals surface area contributed by atoms with Crippen molar-refractivity contribution in [2.45, 2.75) is 6.04 Å². The largest absolute Gasteiger partial charge is 0.382 e. The summed E-state index contributed by atoms with van der Waals surface area (Å²) in [6.45, 7) is 2.18. The maximum Gasteiger partial charge on any atom is 0.282 e. The number of nitro benzene ring substituents is 1. The zero-order chi connectivity index (χ0) is 12.0. The molecule has 1 aliphatic carbocycles. The van der Waals surface area contributed by atoms with Crippen LogP contribution in [0.5, 0.6) is 0 Å². The first-order valence-corrected chi connectivity index (χ1v) is 6.66. The fraction of sp³-hybridized carbons (Fsp3) is 0.455. The molecular weight excluding hydrogens is 333 g/mol. The molecule has 2 unspecified atom stereocenters. The number of nitrogens with zero attached hydrogens (tertiary/aromatic N) is 1. The second-order valence-electron chi connectivity index (χ2n) is 4.58. The molecule has 2 atom stereocenters. The van der Waals surface area contributed by atoms with Gasteiger partial charge in [-0.05, 0) is 46.6 Å². The van der Waals surface area contributed by atoms with Crippen molar-refractivity contribution in [2.24, 2.45) is 11.8 Å². The van der Waals surface area contributed by atoms with Crippen molar-refractivity contribution in [3.8, 4) is 0 Å². The van der Waals surface area contributed by atoms with E-state index in [0.29, 0.717) is 9.61 Å². The van der Waals surface area contributed by atoms with Crippen LogP contribution in [-0.4, -0.2) is 24.1 Å². The van der Waals surface area contributed by atoms with Crippen molar-refractivity contribution in [1.29, 1.82) is 0 Å². The Balaban J connectivity index is 1.72. The smallest absolute Gasteiger partial charge is 0.282 e. The van der Waals surface area contributed by atoms with Crippen LogP contribution in [0.4, 0.5) is 11.4 Å². The number of fused-ring (bicyclic) bond motifs is 1. The average Bonchev–Trinajstić information content (AvgIpc) is 2.74. The van der Waals surface area contributed by atoms with Gasteiger partial charge in [-0.15, -0.1) is 0 Å². The molecule has 2 fully saturated rings. The highest BCUT2D eigenvalue weighted by Crippen LogP contribution is 2.44. The Bertz CT molecular complexity index is 470. The van der Waals surface area contributed by atoms with Crippen LogP contribution in [0.3, 0.4) is 0 Å². The Morgan fingerprint density at radius 2 is 2.12 bits per heavy atom. The summed E-state index contributed by atoms with van der Waals surface area (Å²) in [6.07, 6.45) is 0. The van der Waals surface area contributed by atoms with Gasteiger partial charge < -0.3 is 10.6 Å². The molecule has 1 saturated carbocycles. The predicted molar refractivity (Wildman–Crippen MR) is 73.1 cm³/mol. The molecular formula is C11H12IN3O2. The number of anilines is 1. The third kappa shape index (κ3) is 1.99. The van der Waals surface area contributed by atoms with Crippen LogP contribution in [0.15, 0.2) is 18.2 Å². The second kappa shape index (κ2) is 4.09.